The molecule has 17 heavy (non-hydrogen) atoms. The van der Waals surface area contributed by atoms with Crippen LogP contribution in [0.5, 0.6) is 5.75 Å². The first kappa shape index (κ1) is 13.8. The van der Waals surface area contributed by atoms with Crippen LogP contribution in [-0.2, 0) is 16.6 Å². The van der Waals surface area contributed by atoms with E-state index in [1.165, 1.54) is 5.56 Å². The Balaban J connectivity index is 3.17. The Morgan fingerprint density at radius 3 is 2.47 bits per heavy atom. The summed E-state index contributed by atoms with van der Waals surface area (Å²) in [6.07, 6.45) is 1.51. The number of methoxy groups -OCH3 is 1. The molecular weight excluding hydrogens is 212 g/mol. The second-order valence-electron chi connectivity index (χ2n) is 5.14. The Labute approximate surface area is 104 Å². The molecule has 2 heteroatoms. The van der Waals surface area contributed by atoms with Gasteiger partial charge in [-0.1, -0.05) is 32.9 Å². The lowest BCUT2D eigenvalue weighted by Gasteiger charge is -2.24. The van der Waals surface area contributed by atoms with Gasteiger partial charge in [0.15, 0.2) is 0 Å². The summed E-state index contributed by atoms with van der Waals surface area (Å²) in [5.41, 5.74) is 2.38. The molecule has 1 aromatic rings. The minimum atomic E-state index is 0.137. The highest BCUT2D eigenvalue weighted by molar-refractivity contribution is 5.79. The van der Waals surface area contributed by atoms with Crippen LogP contribution in [0.1, 0.15) is 45.2 Å². The molecule has 0 radical (unpaired) electrons. The highest BCUT2D eigenvalue weighted by Gasteiger charge is 2.19. The van der Waals surface area contributed by atoms with E-state index in [0.717, 1.165) is 17.7 Å². The van der Waals surface area contributed by atoms with Crippen molar-refractivity contribution in [2.45, 2.75) is 46.0 Å². The van der Waals surface area contributed by atoms with Gasteiger partial charge in [-0.05, 0) is 30.4 Å². The van der Waals surface area contributed by atoms with Gasteiger partial charge in [0.2, 0.25) is 0 Å². The Hall–Kier alpha value is -1.31. The molecule has 0 saturated carbocycles. The minimum absolute atomic E-state index is 0.137. The van der Waals surface area contributed by atoms with Crippen LogP contribution in [-0.4, -0.2) is 12.9 Å². The lowest BCUT2D eigenvalue weighted by Crippen LogP contribution is -2.16. The van der Waals surface area contributed by atoms with Gasteiger partial charge in [-0.3, -0.25) is 4.79 Å². The summed E-state index contributed by atoms with van der Waals surface area (Å²) in [5.74, 6) is 0.964. The lowest BCUT2D eigenvalue weighted by atomic mass is 9.81. The van der Waals surface area contributed by atoms with Crippen molar-refractivity contribution in [3.63, 3.8) is 0 Å². The van der Waals surface area contributed by atoms with E-state index in [4.69, 9.17) is 4.74 Å². The standard InChI is InChI=1S/C15H22O2/c1-6-15(3,4)13-7-8-14(17-5)12(10-13)9-11(2)16/h7-8,10H,6,9H2,1-5H3. The van der Waals surface area contributed by atoms with Gasteiger partial charge in [-0.15, -0.1) is 0 Å². The molecule has 0 spiro atoms. The maximum absolute atomic E-state index is 11.3. The topological polar surface area (TPSA) is 26.3 Å². The Morgan fingerprint density at radius 2 is 2.00 bits per heavy atom. The molecule has 0 N–H and O–H groups in total. The predicted octanol–water partition coefficient (Wildman–Crippen LogP) is 3.51. The van der Waals surface area contributed by atoms with Crippen LogP contribution in [0.4, 0.5) is 0 Å². The van der Waals surface area contributed by atoms with Crippen molar-refractivity contribution >= 4 is 5.78 Å². The van der Waals surface area contributed by atoms with Crippen molar-refractivity contribution in [2.24, 2.45) is 0 Å². The number of benzene rings is 1. The van der Waals surface area contributed by atoms with E-state index in [0.29, 0.717) is 6.42 Å². The fraction of sp³-hybridized carbons (Fsp3) is 0.533. The zero-order valence-corrected chi connectivity index (χ0v) is 11.5. The molecule has 0 aliphatic rings. The van der Waals surface area contributed by atoms with Crippen LogP contribution in [0.25, 0.3) is 0 Å². The third kappa shape index (κ3) is 3.32. The largest absolute Gasteiger partial charge is 0.496 e. The van der Waals surface area contributed by atoms with Gasteiger partial charge < -0.3 is 4.74 Å². The number of rotatable bonds is 5. The normalized spacial score (nSPS) is 11.4. The highest BCUT2D eigenvalue weighted by Crippen LogP contribution is 2.30. The van der Waals surface area contributed by atoms with Crippen LogP contribution in [0, 0.1) is 0 Å². The average Bonchev–Trinajstić information content (AvgIpc) is 2.28. The summed E-state index contributed by atoms with van der Waals surface area (Å²) in [6, 6.07) is 6.15. The predicted molar refractivity (Wildman–Crippen MR) is 70.7 cm³/mol. The van der Waals surface area contributed by atoms with Crippen LogP contribution in [0.2, 0.25) is 0 Å². The van der Waals surface area contributed by atoms with E-state index in [-0.39, 0.29) is 11.2 Å². The van der Waals surface area contributed by atoms with Crippen molar-refractivity contribution in [1.29, 1.82) is 0 Å². The van der Waals surface area contributed by atoms with E-state index in [1.807, 2.05) is 6.07 Å². The van der Waals surface area contributed by atoms with Crippen LogP contribution >= 0.6 is 0 Å². The third-order valence-corrected chi connectivity index (χ3v) is 3.39. The molecule has 0 aromatic heterocycles. The van der Waals surface area contributed by atoms with Crippen LogP contribution in [0.3, 0.4) is 0 Å². The minimum Gasteiger partial charge on any atom is -0.496 e. The monoisotopic (exact) mass is 234 g/mol. The Kier molecular flexibility index (Phi) is 4.33. The quantitative estimate of drug-likeness (QED) is 0.779. The molecule has 1 rings (SSSR count). The summed E-state index contributed by atoms with van der Waals surface area (Å²) < 4.78 is 5.30. The third-order valence-electron chi connectivity index (χ3n) is 3.39. The maximum atomic E-state index is 11.3. The van der Waals surface area contributed by atoms with E-state index < -0.39 is 0 Å². The first-order valence-corrected chi connectivity index (χ1v) is 6.07. The van der Waals surface area contributed by atoms with Gasteiger partial charge >= 0.3 is 0 Å². The second kappa shape index (κ2) is 5.35. The van der Waals surface area contributed by atoms with Gasteiger partial charge in [0, 0.05) is 12.0 Å². The number of ketones is 1. The van der Waals surface area contributed by atoms with E-state index in [1.54, 1.807) is 14.0 Å². The number of hydrogen-bond donors (Lipinski definition) is 0. The first-order chi connectivity index (χ1) is 7.90. The van der Waals surface area contributed by atoms with Gasteiger partial charge in [0.05, 0.1) is 7.11 Å². The molecule has 2 nitrogen and oxygen atoms in total. The van der Waals surface area contributed by atoms with Crippen molar-refractivity contribution < 1.29 is 9.53 Å². The van der Waals surface area contributed by atoms with Crippen molar-refractivity contribution in [3.05, 3.63) is 29.3 Å². The maximum Gasteiger partial charge on any atom is 0.134 e. The van der Waals surface area contributed by atoms with Gasteiger partial charge in [-0.25, -0.2) is 0 Å². The smallest absolute Gasteiger partial charge is 0.134 e. The van der Waals surface area contributed by atoms with Gasteiger partial charge in [0.1, 0.15) is 11.5 Å². The summed E-state index contributed by atoms with van der Waals surface area (Å²) in [6.45, 7) is 8.21. The van der Waals surface area contributed by atoms with Crippen LogP contribution < -0.4 is 4.74 Å². The van der Waals surface area contributed by atoms with E-state index >= 15 is 0 Å². The Bertz CT molecular complexity index is 405. The molecule has 0 heterocycles. The van der Waals surface area contributed by atoms with E-state index in [9.17, 15) is 4.79 Å². The molecule has 1 aromatic carbocycles. The number of ether oxygens (including phenoxy) is 1. The molecule has 0 fully saturated rings. The molecule has 0 aliphatic heterocycles. The number of carbonyl (C=O) groups is 1. The summed E-state index contributed by atoms with van der Waals surface area (Å²) in [7, 11) is 1.64. The van der Waals surface area contributed by atoms with Crippen LogP contribution in [0.15, 0.2) is 18.2 Å². The fourth-order valence-electron chi connectivity index (χ4n) is 1.81. The van der Waals surface area contributed by atoms with Crippen molar-refractivity contribution in [3.8, 4) is 5.75 Å². The lowest BCUT2D eigenvalue weighted by molar-refractivity contribution is -0.116. The zero-order chi connectivity index (χ0) is 13.1. The Morgan fingerprint density at radius 1 is 1.35 bits per heavy atom. The molecule has 0 amide bonds. The fourth-order valence-corrected chi connectivity index (χ4v) is 1.81. The molecule has 0 saturated heterocycles. The van der Waals surface area contributed by atoms with Gasteiger partial charge in [-0.2, -0.15) is 0 Å². The number of Topliss-reactive ketones (excluding diaryl/α,β-unsaturated/α-hetero) is 1. The number of carbonyl (C=O) groups excluding carboxylic acids is 1. The zero-order valence-electron chi connectivity index (χ0n) is 11.5. The number of hydrogen-bond acceptors (Lipinski definition) is 2. The summed E-state index contributed by atoms with van der Waals surface area (Å²) in [5, 5.41) is 0. The molecule has 0 atom stereocenters. The summed E-state index contributed by atoms with van der Waals surface area (Å²) >= 11 is 0. The first-order valence-electron chi connectivity index (χ1n) is 6.07. The molecule has 0 unspecified atom stereocenters. The van der Waals surface area contributed by atoms with E-state index in [2.05, 4.69) is 32.9 Å². The molecular formula is C15H22O2. The van der Waals surface area contributed by atoms with Crippen molar-refractivity contribution in [2.75, 3.05) is 7.11 Å². The second-order valence-corrected chi connectivity index (χ2v) is 5.14. The molecule has 0 aliphatic carbocycles. The molecule has 94 valence electrons. The highest BCUT2D eigenvalue weighted by atomic mass is 16.5. The average molecular weight is 234 g/mol. The SMILES string of the molecule is CCC(C)(C)c1ccc(OC)c(CC(C)=O)c1. The van der Waals surface area contributed by atoms with Crippen molar-refractivity contribution in [1.82, 2.24) is 0 Å². The molecule has 0 bridgehead atoms. The summed E-state index contributed by atoms with van der Waals surface area (Å²) in [4.78, 5) is 11.3. The van der Waals surface area contributed by atoms with Gasteiger partial charge in [0.25, 0.3) is 0 Å².